The number of benzene rings is 4. The Kier molecular flexibility index (Phi) is 12.0. The lowest BCUT2D eigenvalue weighted by Crippen LogP contribution is -2.30. The van der Waals surface area contributed by atoms with Crippen LogP contribution in [0.15, 0.2) is 215 Å². The van der Waals surface area contributed by atoms with Crippen molar-refractivity contribution in [3.8, 4) is 22.5 Å². The Hall–Kier alpha value is -7.31. The number of ether oxygens (including phenoxy) is 2. The molecule has 6 aromatic rings. The first kappa shape index (κ1) is 38.6. The first-order valence-corrected chi connectivity index (χ1v) is 19.9. The summed E-state index contributed by atoms with van der Waals surface area (Å²) in [5.41, 5.74) is 10.0. The topological polar surface area (TPSA) is 54.0 Å². The summed E-state index contributed by atoms with van der Waals surface area (Å²) in [6, 6.07) is 49.0. The highest BCUT2D eigenvalue weighted by atomic mass is 16.6. The molecule has 1 aliphatic carbocycles. The van der Waals surface area contributed by atoms with E-state index in [1.165, 1.54) is 0 Å². The molecule has 0 fully saturated rings. The Labute approximate surface area is 346 Å². The van der Waals surface area contributed by atoms with Crippen LogP contribution in [0.5, 0.6) is 0 Å². The molecule has 2 aromatic heterocycles. The van der Waals surface area contributed by atoms with Gasteiger partial charge in [0.25, 0.3) is 0 Å². The van der Waals surface area contributed by atoms with Crippen molar-refractivity contribution in [2.75, 3.05) is 7.05 Å². The predicted molar refractivity (Wildman–Crippen MR) is 236 cm³/mol. The van der Waals surface area contributed by atoms with Crippen LogP contribution in [0.1, 0.15) is 41.7 Å². The zero-order chi connectivity index (χ0) is 40.4. The highest BCUT2D eigenvalue weighted by molar-refractivity contribution is 5.85. The first-order valence-electron chi connectivity index (χ1n) is 19.9. The van der Waals surface area contributed by atoms with Gasteiger partial charge in [0.05, 0.1) is 23.4 Å². The average molecular weight is 775 g/mol. The van der Waals surface area contributed by atoms with Crippen LogP contribution >= 0.6 is 0 Å². The van der Waals surface area contributed by atoms with E-state index in [9.17, 15) is 4.79 Å². The molecule has 0 bridgehead atoms. The van der Waals surface area contributed by atoms with Crippen LogP contribution in [-0.2, 0) is 23.1 Å². The fourth-order valence-corrected chi connectivity index (χ4v) is 7.29. The van der Waals surface area contributed by atoms with Crippen molar-refractivity contribution in [1.29, 1.82) is 0 Å². The Bertz CT molecular complexity index is 2550. The first-order chi connectivity index (χ1) is 29.0. The quantitative estimate of drug-likeness (QED) is 0.103. The number of aryl methyl sites for hydroxylation is 1. The molecule has 4 aromatic carbocycles. The van der Waals surface area contributed by atoms with Crippen LogP contribution in [0.4, 0.5) is 4.79 Å². The van der Waals surface area contributed by atoms with Crippen molar-refractivity contribution in [2.45, 2.75) is 25.9 Å². The van der Waals surface area contributed by atoms with E-state index in [1.54, 1.807) is 11.9 Å². The third-order valence-electron chi connectivity index (χ3n) is 10.4. The molecule has 0 atom stereocenters. The fraction of sp³-hybridized carbons (Fsp3) is 0.113. The molecule has 6 heteroatoms. The molecular formula is C53H46N2O4+2. The number of hydrogen-bond acceptors (Lipinski definition) is 3. The number of aromatic nitrogens is 1. The number of hydrogen-bond donors (Lipinski definition) is 0. The highest BCUT2D eigenvalue weighted by Gasteiger charge is 2.26. The van der Waals surface area contributed by atoms with E-state index in [1.807, 2.05) is 121 Å². The summed E-state index contributed by atoms with van der Waals surface area (Å²) in [6.45, 7) is 0.161. The van der Waals surface area contributed by atoms with Gasteiger partial charge >= 0.3 is 17.6 Å². The minimum Gasteiger partial charge on any atom is -0.457 e. The lowest BCUT2D eigenvalue weighted by molar-refractivity contribution is -0.671. The number of rotatable bonds is 10. The van der Waals surface area contributed by atoms with Crippen LogP contribution in [-0.4, -0.2) is 18.0 Å². The van der Waals surface area contributed by atoms with Gasteiger partial charge in [0.2, 0.25) is 0 Å². The van der Waals surface area contributed by atoms with E-state index in [0.29, 0.717) is 11.5 Å². The number of carbonyl (C=O) groups excluding carboxylic acids is 1. The number of likely N-dealkylation sites (N-methyl/N-ethyl adjacent to an activating group) is 1. The van der Waals surface area contributed by atoms with Crippen molar-refractivity contribution in [1.82, 2.24) is 4.90 Å². The second-order valence-corrected chi connectivity index (χ2v) is 14.6. The summed E-state index contributed by atoms with van der Waals surface area (Å²) < 4.78 is 20.9. The third-order valence-corrected chi connectivity index (χ3v) is 10.4. The summed E-state index contributed by atoms with van der Waals surface area (Å²) in [4.78, 5) is 15.5. The predicted octanol–water partition coefficient (Wildman–Crippen LogP) is 12.4. The second kappa shape index (κ2) is 18.3. The Balaban J connectivity index is 1.18. The monoisotopic (exact) mass is 774 g/mol. The maximum atomic E-state index is 13.9. The van der Waals surface area contributed by atoms with Gasteiger partial charge in [-0.3, -0.25) is 4.90 Å². The Morgan fingerprint density at radius 1 is 0.712 bits per heavy atom. The molecule has 2 aliphatic rings. The molecule has 1 amide bonds. The number of allylic oxidation sites excluding steroid dienone is 8. The van der Waals surface area contributed by atoms with Crippen molar-refractivity contribution >= 4 is 23.5 Å². The van der Waals surface area contributed by atoms with Gasteiger partial charge in [-0.1, -0.05) is 115 Å². The van der Waals surface area contributed by atoms with Gasteiger partial charge in [-0.05, 0) is 83.5 Å². The van der Waals surface area contributed by atoms with E-state index < -0.39 is 6.09 Å². The van der Waals surface area contributed by atoms with Crippen molar-refractivity contribution < 1.29 is 23.3 Å². The number of nitrogens with zero attached hydrogens (tertiary/aromatic N) is 2. The maximum Gasteiger partial charge on any atom is 0.414 e. The molecule has 59 heavy (non-hydrogen) atoms. The number of amides is 1. The van der Waals surface area contributed by atoms with Gasteiger partial charge in [-0.25, -0.2) is 13.8 Å². The van der Waals surface area contributed by atoms with E-state index >= 15 is 0 Å². The van der Waals surface area contributed by atoms with Gasteiger partial charge in [0.15, 0.2) is 12.4 Å². The minimum atomic E-state index is -0.434. The molecular weight excluding hydrogens is 729 g/mol. The molecule has 0 spiro atoms. The number of pyridine rings is 1. The summed E-state index contributed by atoms with van der Waals surface area (Å²) in [5, 5.41) is 0. The van der Waals surface area contributed by atoms with E-state index in [4.69, 9.17) is 13.9 Å². The summed E-state index contributed by atoms with van der Waals surface area (Å²) in [7, 11) is 3.75. The molecule has 6 nitrogen and oxygen atoms in total. The van der Waals surface area contributed by atoms with Crippen molar-refractivity contribution in [3.63, 3.8) is 0 Å². The standard InChI is InChI=1S/C53H46N2O4/c1-54-32-30-39(31-33-54)38-57-53(56)55(2)52-44(26-28-48-34-46(40-16-7-3-8-17-40)36-50(58-48)42-20-11-5-12-21-42)24-15-25-45(52)27-29-49-35-47(41-18-9-4-10-19-41)37-51(59-49)43-22-13-6-14-23-43/h3-14,16-23,26-37H,15,24-25,38H2,1-2H3/q+2. The number of carbonyl (C=O) groups is 1. The molecule has 1 aliphatic heterocycles. The molecule has 0 saturated heterocycles. The minimum absolute atomic E-state index is 0.161. The molecule has 290 valence electrons. The van der Waals surface area contributed by atoms with Crippen LogP contribution in [0.2, 0.25) is 0 Å². The van der Waals surface area contributed by atoms with Crippen LogP contribution in [0.25, 0.3) is 39.9 Å². The van der Waals surface area contributed by atoms with Gasteiger partial charge in [-0.15, -0.1) is 0 Å². The summed E-state index contributed by atoms with van der Waals surface area (Å²) in [5.74, 6) is 2.94. The SMILES string of the molecule is CN(C(=O)OCc1cc[n+](C)cc1)C1=C(/C=C/c2cc(-c3ccccc3)cc(-c3ccccc3)[o+]2)CCC/C1=C\C=C1/C=C(c2ccccc2)C=C(c2ccccc2)O1. The van der Waals surface area contributed by atoms with Gasteiger partial charge in [0, 0.05) is 41.9 Å². The van der Waals surface area contributed by atoms with Crippen molar-refractivity contribution in [2.24, 2.45) is 7.05 Å². The van der Waals surface area contributed by atoms with Gasteiger partial charge < -0.3 is 9.47 Å². The Morgan fingerprint density at radius 2 is 1.34 bits per heavy atom. The normalized spacial score (nSPS) is 15.5. The second-order valence-electron chi connectivity index (χ2n) is 14.6. The van der Waals surface area contributed by atoms with Gasteiger partial charge in [0.1, 0.15) is 25.2 Å². The maximum absolute atomic E-state index is 13.9. The van der Waals surface area contributed by atoms with E-state index in [-0.39, 0.29) is 6.61 Å². The molecule has 0 saturated carbocycles. The van der Waals surface area contributed by atoms with Crippen LogP contribution in [0.3, 0.4) is 0 Å². The Morgan fingerprint density at radius 3 is 2.02 bits per heavy atom. The zero-order valence-corrected chi connectivity index (χ0v) is 33.3. The smallest absolute Gasteiger partial charge is 0.414 e. The molecule has 3 heterocycles. The fourth-order valence-electron chi connectivity index (χ4n) is 7.29. The van der Waals surface area contributed by atoms with Gasteiger partial charge in [-0.2, -0.15) is 0 Å². The lowest BCUT2D eigenvalue weighted by Gasteiger charge is -2.28. The van der Waals surface area contributed by atoms with E-state index in [0.717, 1.165) is 86.6 Å². The molecule has 0 N–H and O–H groups in total. The largest absolute Gasteiger partial charge is 0.457 e. The molecule has 0 unspecified atom stereocenters. The van der Waals surface area contributed by atoms with Crippen LogP contribution in [0, 0.1) is 0 Å². The highest BCUT2D eigenvalue weighted by Crippen LogP contribution is 2.36. The van der Waals surface area contributed by atoms with E-state index in [2.05, 4.69) is 85.0 Å². The van der Waals surface area contributed by atoms with Crippen molar-refractivity contribution in [3.05, 3.63) is 233 Å². The van der Waals surface area contributed by atoms with Crippen LogP contribution < -0.4 is 4.57 Å². The zero-order valence-electron chi connectivity index (χ0n) is 33.3. The lowest BCUT2D eigenvalue weighted by atomic mass is 9.90. The summed E-state index contributed by atoms with van der Waals surface area (Å²) >= 11 is 0. The third kappa shape index (κ3) is 9.63. The summed E-state index contributed by atoms with van der Waals surface area (Å²) in [6.07, 6.45) is 18.2. The molecule has 0 radical (unpaired) electrons. The molecule has 8 rings (SSSR count). The average Bonchev–Trinajstić information content (AvgIpc) is 3.30.